The van der Waals surface area contributed by atoms with Crippen LogP contribution in [0.5, 0.6) is 0 Å². The van der Waals surface area contributed by atoms with E-state index < -0.39 is 0 Å². The quantitative estimate of drug-likeness (QED) is 0.604. The van der Waals surface area contributed by atoms with E-state index in [-0.39, 0.29) is 11.9 Å². The van der Waals surface area contributed by atoms with Gasteiger partial charge in [-0.05, 0) is 29.6 Å². The fraction of sp³-hybridized carbons (Fsp3) is 0.111. The molecule has 24 heavy (non-hydrogen) atoms. The Bertz CT molecular complexity index is 875. The monoisotopic (exact) mass is 337 g/mol. The van der Waals surface area contributed by atoms with Gasteiger partial charge in [0.05, 0.1) is 0 Å². The maximum atomic E-state index is 12.4. The minimum Gasteiger partial charge on any atom is -0.451 e. The minimum atomic E-state index is -0.222. The topological polar surface area (TPSA) is 60.1 Å². The smallest absolute Gasteiger partial charge is 0.287 e. The molecule has 0 spiro atoms. The van der Waals surface area contributed by atoms with Gasteiger partial charge in [0.15, 0.2) is 5.76 Å². The molecule has 6 heteroatoms. The summed E-state index contributed by atoms with van der Waals surface area (Å²) in [4.78, 5) is 13.6. The molecule has 3 heterocycles. The maximum absolute atomic E-state index is 12.4. The summed E-state index contributed by atoms with van der Waals surface area (Å²) in [5, 5.41) is 10.2. The molecule has 0 aliphatic carbocycles. The van der Waals surface area contributed by atoms with Crippen LogP contribution in [0.25, 0.3) is 11.0 Å². The molecule has 1 aromatic carbocycles. The number of hydrogen-bond acceptors (Lipinski definition) is 4. The van der Waals surface area contributed by atoms with Crippen LogP contribution in [0.4, 0.5) is 0 Å². The zero-order chi connectivity index (χ0) is 16.4. The average Bonchev–Trinajstić information content (AvgIpc) is 3.35. The van der Waals surface area contributed by atoms with E-state index in [4.69, 9.17) is 4.42 Å². The number of furan rings is 1. The molecule has 0 aliphatic rings. The highest BCUT2D eigenvalue weighted by Crippen LogP contribution is 2.23. The van der Waals surface area contributed by atoms with Gasteiger partial charge in [0.25, 0.3) is 5.91 Å². The van der Waals surface area contributed by atoms with Crippen LogP contribution in [0, 0.1) is 0 Å². The first kappa shape index (κ1) is 14.7. The summed E-state index contributed by atoms with van der Waals surface area (Å²) < 4.78 is 7.46. The molecule has 1 N–H and O–H groups in total. The van der Waals surface area contributed by atoms with Crippen LogP contribution in [0.15, 0.2) is 70.7 Å². The lowest BCUT2D eigenvalue weighted by Crippen LogP contribution is -2.31. The Morgan fingerprint density at radius 3 is 2.92 bits per heavy atom. The second kappa shape index (κ2) is 6.33. The zero-order valence-corrected chi connectivity index (χ0v) is 13.6. The Morgan fingerprint density at radius 1 is 1.25 bits per heavy atom. The van der Waals surface area contributed by atoms with E-state index in [0.29, 0.717) is 17.9 Å². The fourth-order valence-corrected chi connectivity index (χ4v) is 3.46. The summed E-state index contributed by atoms with van der Waals surface area (Å²) in [6.07, 6.45) is 3.64. The number of carbonyl (C=O) groups is 1. The Morgan fingerprint density at radius 2 is 2.17 bits per heavy atom. The lowest BCUT2D eigenvalue weighted by atomic mass is 10.2. The second-order valence-electron chi connectivity index (χ2n) is 5.38. The standard InChI is InChI=1S/C18H15N3O2S/c22-18(16-11-13-5-1-2-6-15(13)23-16)19-12-14(17-7-3-10-24-17)21-9-4-8-20-21/h1-11,14H,12H2,(H,19,22)/t14-/m1/s1. The Balaban J connectivity index is 1.52. The lowest BCUT2D eigenvalue weighted by Gasteiger charge is -2.16. The highest BCUT2D eigenvalue weighted by molar-refractivity contribution is 7.10. The van der Waals surface area contributed by atoms with Crippen LogP contribution in [-0.4, -0.2) is 22.2 Å². The van der Waals surface area contributed by atoms with Crippen LogP contribution in [-0.2, 0) is 0 Å². The molecule has 1 atom stereocenters. The van der Waals surface area contributed by atoms with Crippen LogP contribution < -0.4 is 5.32 Å². The van der Waals surface area contributed by atoms with Crippen LogP contribution in [0.2, 0.25) is 0 Å². The third-order valence-electron chi connectivity index (χ3n) is 3.82. The number of thiophene rings is 1. The molecule has 3 aromatic heterocycles. The number of para-hydroxylation sites is 1. The van der Waals surface area contributed by atoms with E-state index in [9.17, 15) is 4.79 Å². The van der Waals surface area contributed by atoms with Crippen molar-refractivity contribution in [2.45, 2.75) is 6.04 Å². The second-order valence-corrected chi connectivity index (χ2v) is 6.36. The summed E-state index contributed by atoms with van der Waals surface area (Å²) in [6, 6.07) is 15.2. The summed E-state index contributed by atoms with van der Waals surface area (Å²) in [5.41, 5.74) is 0.713. The fourth-order valence-electron chi connectivity index (χ4n) is 2.64. The molecule has 0 saturated carbocycles. The van der Waals surface area contributed by atoms with Gasteiger partial charge in [-0.1, -0.05) is 24.3 Å². The van der Waals surface area contributed by atoms with Gasteiger partial charge in [0.1, 0.15) is 11.6 Å². The van der Waals surface area contributed by atoms with Crippen molar-refractivity contribution in [2.75, 3.05) is 6.54 Å². The number of benzene rings is 1. The lowest BCUT2D eigenvalue weighted by molar-refractivity contribution is 0.0924. The molecule has 1 amide bonds. The minimum absolute atomic E-state index is 0.0340. The molecule has 4 aromatic rings. The predicted molar refractivity (Wildman–Crippen MR) is 93.2 cm³/mol. The van der Waals surface area contributed by atoms with Crippen LogP contribution in [0.3, 0.4) is 0 Å². The van der Waals surface area contributed by atoms with Crippen molar-refractivity contribution in [3.8, 4) is 0 Å². The normalized spacial score (nSPS) is 12.3. The highest BCUT2D eigenvalue weighted by atomic mass is 32.1. The Hall–Kier alpha value is -2.86. The third-order valence-corrected chi connectivity index (χ3v) is 4.79. The number of carbonyl (C=O) groups excluding carboxylic acids is 1. The number of hydrogen-bond donors (Lipinski definition) is 1. The van der Waals surface area contributed by atoms with Gasteiger partial charge < -0.3 is 9.73 Å². The van der Waals surface area contributed by atoms with Crippen LogP contribution >= 0.6 is 11.3 Å². The van der Waals surface area contributed by atoms with Gasteiger partial charge in [-0.3, -0.25) is 9.48 Å². The van der Waals surface area contributed by atoms with E-state index >= 15 is 0 Å². The first-order valence-electron chi connectivity index (χ1n) is 7.60. The van der Waals surface area contributed by atoms with E-state index in [2.05, 4.69) is 10.4 Å². The molecule has 0 bridgehead atoms. The van der Waals surface area contributed by atoms with Crippen molar-refractivity contribution < 1.29 is 9.21 Å². The first-order chi connectivity index (χ1) is 11.8. The van der Waals surface area contributed by atoms with Crippen LogP contribution in [0.1, 0.15) is 21.5 Å². The molecular formula is C18H15N3O2S. The average molecular weight is 337 g/mol. The van der Waals surface area contributed by atoms with Gasteiger partial charge >= 0.3 is 0 Å². The van der Waals surface area contributed by atoms with Crippen molar-refractivity contribution in [1.82, 2.24) is 15.1 Å². The first-order valence-corrected chi connectivity index (χ1v) is 8.48. The Labute approximate surface area is 142 Å². The number of nitrogens with zero attached hydrogens (tertiary/aromatic N) is 2. The SMILES string of the molecule is O=C(NC[C@H](c1cccs1)n1cccn1)c1cc2ccccc2o1. The van der Waals surface area contributed by atoms with Gasteiger partial charge in [-0.2, -0.15) is 5.10 Å². The number of fused-ring (bicyclic) bond motifs is 1. The summed E-state index contributed by atoms with van der Waals surface area (Å²) in [7, 11) is 0. The van der Waals surface area contributed by atoms with E-state index in [1.165, 1.54) is 0 Å². The maximum Gasteiger partial charge on any atom is 0.287 e. The molecule has 0 unspecified atom stereocenters. The summed E-state index contributed by atoms with van der Waals surface area (Å²) in [5.74, 6) is 0.0986. The number of nitrogens with one attached hydrogen (secondary N) is 1. The summed E-state index contributed by atoms with van der Waals surface area (Å²) in [6.45, 7) is 0.443. The summed E-state index contributed by atoms with van der Waals surface area (Å²) >= 11 is 1.64. The largest absolute Gasteiger partial charge is 0.451 e. The molecule has 5 nitrogen and oxygen atoms in total. The van der Waals surface area contributed by atoms with Gasteiger partial charge in [0.2, 0.25) is 0 Å². The molecule has 0 fully saturated rings. The third kappa shape index (κ3) is 2.83. The van der Waals surface area contributed by atoms with Gasteiger partial charge in [0, 0.05) is 29.2 Å². The van der Waals surface area contributed by atoms with Crippen molar-refractivity contribution in [1.29, 1.82) is 0 Å². The number of aromatic nitrogens is 2. The van der Waals surface area contributed by atoms with Crippen molar-refractivity contribution >= 4 is 28.2 Å². The molecule has 120 valence electrons. The molecule has 0 saturated heterocycles. The van der Waals surface area contributed by atoms with E-state index in [0.717, 1.165) is 10.3 Å². The number of rotatable bonds is 5. The Kier molecular flexibility index (Phi) is 3.88. The van der Waals surface area contributed by atoms with E-state index in [1.54, 1.807) is 23.6 Å². The predicted octanol–water partition coefficient (Wildman–Crippen LogP) is 3.71. The molecule has 0 radical (unpaired) electrons. The van der Waals surface area contributed by atoms with Crippen molar-refractivity contribution in [3.05, 3.63) is 76.9 Å². The van der Waals surface area contributed by atoms with E-state index in [1.807, 2.05) is 58.7 Å². The van der Waals surface area contributed by atoms with Gasteiger partial charge in [-0.25, -0.2) is 0 Å². The molecular weight excluding hydrogens is 322 g/mol. The van der Waals surface area contributed by atoms with Crippen molar-refractivity contribution in [3.63, 3.8) is 0 Å². The zero-order valence-electron chi connectivity index (χ0n) is 12.8. The van der Waals surface area contributed by atoms with Crippen molar-refractivity contribution in [2.24, 2.45) is 0 Å². The molecule has 4 rings (SSSR count). The highest BCUT2D eigenvalue weighted by Gasteiger charge is 2.18. The molecule has 0 aliphatic heterocycles. The number of amides is 1. The van der Waals surface area contributed by atoms with Gasteiger partial charge in [-0.15, -0.1) is 11.3 Å².